The van der Waals surface area contributed by atoms with Crippen LogP contribution >= 0.6 is 0 Å². The molecule has 1 unspecified atom stereocenters. The summed E-state index contributed by atoms with van der Waals surface area (Å²) in [4.78, 5) is 15.2. The van der Waals surface area contributed by atoms with Gasteiger partial charge in [-0.15, -0.1) is 0 Å². The van der Waals surface area contributed by atoms with Crippen LogP contribution < -0.4 is 5.32 Å². The fraction of sp³-hybridized carbons (Fsp3) is 0.458. The highest BCUT2D eigenvalue weighted by atomic mass is 32.2. The topological polar surface area (TPSA) is 69.7 Å². The lowest BCUT2D eigenvalue weighted by Crippen LogP contribution is -2.45. The van der Waals surface area contributed by atoms with E-state index in [-0.39, 0.29) is 17.3 Å². The van der Waals surface area contributed by atoms with E-state index in [2.05, 4.69) is 36.2 Å². The van der Waals surface area contributed by atoms with Crippen LogP contribution in [-0.2, 0) is 27.9 Å². The first-order chi connectivity index (χ1) is 15.3. The van der Waals surface area contributed by atoms with Crippen molar-refractivity contribution >= 4 is 15.9 Å². The SMILES string of the molecule is CCN(CC)Cc1cccc(CNC(=O)C2CCCN(S(=O)(=O)c3ccc(F)cc3)C2)c1. The number of nitrogens with zero attached hydrogens (tertiary/aromatic N) is 2. The van der Waals surface area contributed by atoms with E-state index in [1.807, 2.05) is 12.1 Å². The molecule has 0 aromatic heterocycles. The molecule has 0 saturated carbocycles. The zero-order valence-corrected chi connectivity index (χ0v) is 19.6. The zero-order valence-electron chi connectivity index (χ0n) is 18.8. The Hall–Kier alpha value is -2.29. The quantitative estimate of drug-likeness (QED) is 0.622. The van der Waals surface area contributed by atoms with Crippen LogP contribution in [0.2, 0.25) is 0 Å². The Labute approximate surface area is 190 Å². The van der Waals surface area contributed by atoms with E-state index >= 15 is 0 Å². The summed E-state index contributed by atoms with van der Waals surface area (Å²) >= 11 is 0. The van der Waals surface area contributed by atoms with Crippen LogP contribution in [0.3, 0.4) is 0 Å². The van der Waals surface area contributed by atoms with Gasteiger partial charge in [-0.3, -0.25) is 9.69 Å². The van der Waals surface area contributed by atoms with Crippen molar-refractivity contribution in [2.24, 2.45) is 5.92 Å². The van der Waals surface area contributed by atoms with E-state index < -0.39 is 21.8 Å². The van der Waals surface area contributed by atoms with Crippen molar-refractivity contribution in [2.45, 2.75) is 44.7 Å². The summed E-state index contributed by atoms with van der Waals surface area (Å²) in [6.45, 7) is 8.01. The molecular weight excluding hydrogens is 429 g/mol. The number of sulfonamides is 1. The van der Waals surface area contributed by atoms with Gasteiger partial charge < -0.3 is 5.32 Å². The lowest BCUT2D eigenvalue weighted by Gasteiger charge is -2.31. The minimum Gasteiger partial charge on any atom is -0.352 e. The first kappa shape index (κ1) is 24.4. The molecule has 8 heteroatoms. The predicted octanol–water partition coefficient (Wildman–Crippen LogP) is 3.38. The highest BCUT2D eigenvalue weighted by molar-refractivity contribution is 7.89. The summed E-state index contributed by atoms with van der Waals surface area (Å²) < 4.78 is 40.3. The van der Waals surface area contributed by atoms with E-state index in [1.165, 1.54) is 22.0 Å². The van der Waals surface area contributed by atoms with Gasteiger partial charge in [-0.1, -0.05) is 38.1 Å². The summed E-state index contributed by atoms with van der Waals surface area (Å²) in [5, 5.41) is 2.97. The van der Waals surface area contributed by atoms with Gasteiger partial charge in [0.1, 0.15) is 5.82 Å². The molecule has 32 heavy (non-hydrogen) atoms. The normalized spacial score (nSPS) is 17.4. The van der Waals surface area contributed by atoms with Gasteiger partial charge in [0.15, 0.2) is 0 Å². The fourth-order valence-electron chi connectivity index (χ4n) is 4.01. The van der Waals surface area contributed by atoms with Crippen LogP contribution in [0.15, 0.2) is 53.4 Å². The van der Waals surface area contributed by atoms with Gasteiger partial charge in [-0.2, -0.15) is 4.31 Å². The first-order valence-electron chi connectivity index (χ1n) is 11.2. The van der Waals surface area contributed by atoms with Crippen molar-refractivity contribution in [2.75, 3.05) is 26.2 Å². The number of carbonyl (C=O) groups is 1. The van der Waals surface area contributed by atoms with Crippen LogP contribution in [0.4, 0.5) is 4.39 Å². The van der Waals surface area contributed by atoms with Crippen molar-refractivity contribution in [1.82, 2.24) is 14.5 Å². The number of carbonyl (C=O) groups excluding carboxylic acids is 1. The Morgan fingerprint density at radius 1 is 1.12 bits per heavy atom. The van der Waals surface area contributed by atoms with Crippen LogP contribution in [0, 0.1) is 11.7 Å². The molecule has 2 aromatic carbocycles. The summed E-state index contributed by atoms with van der Waals surface area (Å²) in [7, 11) is -3.75. The summed E-state index contributed by atoms with van der Waals surface area (Å²) in [5.74, 6) is -1.03. The van der Waals surface area contributed by atoms with Gasteiger partial charge in [0.05, 0.1) is 10.8 Å². The van der Waals surface area contributed by atoms with Crippen LogP contribution in [0.5, 0.6) is 0 Å². The van der Waals surface area contributed by atoms with Crippen LogP contribution in [0.1, 0.15) is 37.8 Å². The van der Waals surface area contributed by atoms with E-state index in [0.717, 1.165) is 37.3 Å². The molecule has 1 aliphatic heterocycles. The second kappa shape index (κ2) is 11.0. The maximum atomic E-state index is 13.2. The van der Waals surface area contributed by atoms with Crippen LogP contribution in [-0.4, -0.2) is 49.7 Å². The third-order valence-electron chi connectivity index (χ3n) is 5.97. The Balaban J connectivity index is 1.59. The maximum absolute atomic E-state index is 13.2. The third-order valence-corrected chi connectivity index (χ3v) is 7.84. The molecule has 0 radical (unpaired) electrons. The van der Waals surface area contributed by atoms with Gasteiger partial charge in [0.2, 0.25) is 15.9 Å². The average Bonchev–Trinajstić information content (AvgIpc) is 2.81. The minimum absolute atomic E-state index is 0.0463. The number of nitrogens with one attached hydrogen (secondary N) is 1. The number of hydrogen-bond acceptors (Lipinski definition) is 4. The Bertz CT molecular complexity index is 1010. The van der Waals surface area contributed by atoms with Gasteiger partial charge >= 0.3 is 0 Å². The second-order valence-electron chi connectivity index (χ2n) is 8.16. The molecule has 1 saturated heterocycles. The molecule has 3 rings (SSSR count). The molecule has 1 atom stereocenters. The van der Waals surface area contributed by atoms with Crippen LogP contribution in [0.25, 0.3) is 0 Å². The second-order valence-corrected chi connectivity index (χ2v) is 10.1. The predicted molar refractivity (Wildman–Crippen MR) is 123 cm³/mol. The number of hydrogen-bond donors (Lipinski definition) is 1. The first-order valence-corrected chi connectivity index (χ1v) is 12.6. The smallest absolute Gasteiger partial charge is 0.243 e. The summed E-state index contributed by atoms with van der Waals surface area (Å²) in [6.07, 6.45) is 1.25. The highest BCUT2D eigenvalue weighted by Crippen LogP contribution is 2.24. The zero-order chi connectivity index (χ0) is 23.1. The molecule has 1 fully saturated rings. The molecule has 0 aliphatic carbocycles. The number of halogens is 1. The molecule has 1 amide bonds. The summed E-state index contributed by atoms with van der Waals surface area (Å²) in [6, 6.07) is 13.0. The number of benzene rings is 2. The van der Waals surface area contributed by atoms with E-state index in [4.69, 9.17) is 0 Å². The minimum atomic E-state index is -3.75. The van der Waals surface area contributed by atoms with E-state index in [9.17, 15) is 17.6 Å². The largest absolute Gasteiger partial charge is 0.352 e. The summed E-state index contributed by atoms with van der Waals surface area (Å²) in [5.41, 5.74) is 2.23. The molecular formula is C24H32FN3O3S. The molecule has 2 aromatic rings. The third kappa shape index (κ3) is 6.15. The average molecular weight is 462 g/mol. The molecule has 1 N–H and O–H groups in total. The molecule has 0 spiro atoms. The molecule has 174 valence electrons. The highest BCUT2D eigenvalue weighted by Gasteiger charge is 2.33. The Morgan fingerprint density at radius 3 is 2.50 bits per heavy atom. The van der Waals surface area contributed by atoms with E-state index in [0.29, 0.717) is 25.9 Å². The number of amides is 1. The Kier molecular flexibility index (Phi) is 8.39. The molecule has 1 aliphatic rings. The van der Waals surface area contributed by atoms with Crippen molar-refractivity contribution in [3.8, 4) is 0 Å². The maximum Gasteiger partial charge on any atom is 0.243 e. The van der Waals surface area contributed by atoms with E-state index in [1.54, 1.807) is 0 Å². The molecule has 1 heterocycles. The number of rotatable bonds is 9. The lowest BCUT2D eigenvalue weighted by atomic mass is 9.98. The lowest BCUT2D eigenvalue weighted by molar-refractivity contribution is -0.126. The fourth-order valence-corrected chi connectivity index (χ4v) is 5.53. The number of piperidine rings is 1. The van der Waals surface area contributed by atoms with Crippen molar-refractivity contribution in [3.05, 3.63) is 65.5 Å². The van der Waals surface area contributed by atoms with Gasteiger partial charge in [0, 0.05) is 26.2 Å². The standard InChI is InChI=1S/C24H32FN3O3S/c1-3-27(4-2)17-20-8-5-7-19(15-20)16-26-24(29)21-9-6-14-28(18-21)32(30,31)23-12-10-22(25)11-13-23/h5,7-8,10-13,15,21H,3-4,6,9,14,16-18H2,1-2H3,(H,26,29). The Morgan fingerprint density at radius 2 is 1.81 bits per heavy atom. The van der Waals surface area contributed by atoms with Crippen molar-refractivity contribution in [3.63, 3.8) is 0 Å². The molecule has 0 bridgehead atoms. The van der Waals surface area contributed by atoms with Gasteiger partial charge in [-0.25, -0.2) is 12.8 Å². The molecule has 6 nitrogen and oxygen atoms in total. The van der Waals surface area contributed by atoms with Gasteiger partial charge in [-0.05, 0) is 61.3 Å². The monoisotopic (exact) mass is 461 g/mol. The van der Waals surface area contributed by atoms with Crippen molar-refractivity contribution < 1.29 is 17.6 Å². The van der Waals surface area contributed by atoms with Gasteiger partial charge in [0.25, 0.3) is 0 Å². The van der Waals surface area contributed by atoms with Crippen molar-refractivity contribution in [1.29, 1.82) is 0 Å².